The monoisotopic (exact) mass is 570 g/mol. The molecular formula is C27H25F3N6O5. The lowest BCUT2D eigenvalue weighted by Gasteiger charge is -2.20. The number of ether oxygens (including phenoxy) is 1. The van der Waals surface area contributed by atoms with Crippen LogP contribution in [0.2, 0.25) is 0 Å². The Morgan fingerprint density at radius 1 is 1.10 bits per heavy atom. The highest BCUT2D eigenvalue weighted by Crippen LogP contribution is 2.38. The van der Waals surface area contributed by atoms with Crippen LogP contribution in [0.25, 0.3) is 11.5 Å². The number of halogens is 3. The number of aliphatic hydroxyl groups is 2. The molecule has 41 heavy (non-hydrogen) atoms. The lowest BCUT2D eigenvalue weighted by atomic mass is 9.95. The van der Waals surface area contributed by atoms with Gasteiger partial charge in [0.05, 0.1) is 23.8 Å². The summed E-state index contributed by atoms with van der Waals surface area (Å²) >= 11 is 0. The summed E-state index contributed by atoms with van der Waals surface area (Å²) < 4.78 is 50.7. The summed E-state index contributed by atoms with van der Waals surface area (Å²) in [4.78, 5) is 20.9. The Morgan fingerprint density at radius 2 is 1.85 bits per heavy atom. The number of esters is 1. The number of carbonyl (C=O) groups excluding carboxylic acids is 1. The van der Waals surface area contributed by atoms with Crippen molar-refractivity contribution < 1.29 is 37.3 Å². The minimum atomic E-state index is -3.53. The molecule has 0 spiro atoms. The minimum absolute atomic E-state index is 0.0354. The van der Waals surface area contributed by atoms with Crippen molar-refractivity contribution in [2.45, 2.75) is 37.5 Å². The summed E-state index contributed by atoms with van der Waals surface area (Å²) in [6.07, 6.45) is -2.27. The van der Waals surface area contributed by atoms with Gasteiger partial charge in [-0.1, -0.05) is 30.3 Å². The number of aromatic nitrogens is 4. The average Bonchev–Trinajstić information content (AvgIpc) is 3.54. The van der Waals surface area contributed by atoms with Crippen LogP contribution in [-0.4, -0.2) is 56.1 Å². The van der Waals surface area contributed by atoms with Crippen LogP contribution in [0.3, 0.4) is 0 Å². The zero-order valence-electron chi connectivity index (χ0n) is 21.8. The van der Waals surface area contributed by atoms with Crippen molar-refractivity contribution in [3.63, 3.8) is 0 Å². The number of rotatable bonds is 10. The normalized spacial score (nSPS) is 16.1. The highest BCUT2D eigenvalue weighted by atomic mass is 19.3. The number of benzene rings is 2. The molecule has 1 unspecified atom stereocenters. The number of hydrogen-bond acceptors (Lipinski definition) is 11. The topological polar surface area (TPSA) is 156 Å². The van der Waals surface area contributed by atoms with Crippen LogP contribution in [-0.2, 0) is 15.9 Å². The molecule has 0 bridgehead atoms. The fraction of sp³-hybridized carbons (Fsp3) is 0.296. The highest BCUT2D eigenvalue weighted by molar-refractivity contribution is 5.95. The summed E-state index contributed by atoms with van der Waals surface area (Å²) in [6, 6.07) is 13.3. The van der Waals surface area contributed by atoms with Gasteiger partial charge in [0, 0.05) is 17.4 Å². The van der Waals surface area contributed by atoms with E-state index in [1.165, 1.54) is 6.20 Å². The van der Waals surface area contributed by atoms with Gasteiger partial charge in [0.25, 0.3) is 18.2 Å². The zero-order valence-corrected chi connectivity index (χ0v) is 21.8. The Bertz CT molecular complexity index is 1570. The van der Waals surface area contributed by atoms with Gasteiger partial charge in [-0.25, -0.2) is 22.9 Å². The number of anilines is 3. The fourth-order valence-electron chi connectivity index (χ4n) is 4.28. The lowest BCUT2D eigenvalue weighted by Crippen LogP contribution is -2.37. The van der Waals surface area contributed by atoms with Gasteiger partial charge in [-0.05, 0) is 37.6 Å². The largest absolute Gasteiger partial charge is 0.451 e. The Labute approximate surface area is 231 Å². The van der Waals surface area contributed by atoms with Crippen LogP contribution in [0.15, 0.2) is 59.1 Å². The van der Waals surface area contributed by atoms with Crippen molar-refractivity contribution in [1.29, 1.82) is 0 Å². The van der Waals surface area contributed by atoms with Gasteiger partial charge >= 0.3 is 5.97 Å². The SMILES string of the molecule is CC1(C)OC(=O)c2ccc(Nc3ncc(-c4nnc(C(O)(CF)C(F)F)o4)c(N[C@H](CO)c4ccccc4)n3)cc21. The first-order valence-electron chi connectivity index (χ1n) is 12.4. The van der Waals surface area contributed by atoms with Gasteiger partial charge in [-0.15, -0.1) is 10.2 Å². The van der Waals surface area contributed by atoms with Crippen molar-refractivity contribution in [2.24, 2.45) is 0 Å². The Balaban J connectivity index is 1.53. The van der Waals surface area contributed by atoms with Crippen LogP contribution in [0.5, 0.6) is 0 Å². The van der Waals surface area contributed by atoms with Gasteiger partial charge in [-0.2, -0.15) is 4.98 Å². The maximum absolute atomic E-state index is 13.4. The van der Waals surface area contributed by atoms with Crippen molar-refractivity contribution >= 4 is 23.4 Å². The van der Waals surface area contributed by atoms with E-state index in [1.807, 2.05) is 6.07 Å². The third kappa shape index (κ3) is 5.30. The van der Waals surface area contributed by atoms with E-state index in [0.717, 1.165) is 0 Å². The van der Waals surface area contributed by atoms with Gasteiger partial charge < -0.3 is 30.0 Å². The molecule has 2 atom stereocenters. The molecule has 0 saturated heterocycles. The third-order valence-corrected chi connectivity index (χ3v) is 6.57. The smallest absolute Gasteiger partial charge is 0.339 e. The van der Waals surface area contributed by atoms with E-state index >= 15 is 0 Å². The Kier molecular flexibility index (Phi) is 7.36. The number of fused-ring (bicyclic) bond motifs is 1. The summed E-state index contributed by atoms with van der Waals surface area (Å²) in [5, 5.41) is 33.3. The maximum Gasteiger partial charge on any atom is 0.339 e. The number of alkyl halides is 3. The van der Waals surface area contributed by atoms with E-state index in [-0.39, 0.29) is 29.8 Å². The zero-order chi connectivity index (χ0) is 29.4. The molecule has 0 amide bonds. The number of nitrogens with one attached hydrogen (secondary N) is 2. The van der Waals surface area contributed by atoms with Crippen molar-refractivity contribution in [3.05, 3.63) is 77.3 Å². The molecule has 1 aliphatic heterocycles. The average molecular weight is 571 g/mol. The molecule has 0 saturated carbocycles. The molecule has 214 valence electrons. The number of aliphatic hydroxyl groups excluding tert-OH is 1. The van der Waals surface area contributed by atoms with Crippen molar-refractivity contribution in [3.8, 4) is 11.5 Å². The second kappa shape index (κ2) is 10.8. The highest BCUT2D eigenvalue weighted by Gasteiger charge is 2.46. The molecule has 3 heterocycles. The van der Waals surface area contributed by atoms with E-state index < -0.39 is 42.2 Å². The third-order valence-electron chi connectivity index (χ3n) is 6.57. The summed E-state index contributed by atoms with van der Waals surface area (Å²) in [7, 11) is 0. The lowest BCUT2D eigenvalue weighted by molar-refractivity contribution is -0.129. The molecule has 2 aromatic heterocycles. The van der Waals surface area contributed by atoms with E-state index in [9.17, 15) is 28.2 Å². The molecule has 2 aromatic carbocycles. The number of hydrogen-bond donors (Lipinski definition) is 4. The van der Waals surface area contributed by atoms with Crippen LogP contribution in [0.1, 0.15) is 47.3 Å². The molecule has 0 fully saturated rings. The second-order valence-electron chi connectivity index (χ2n) is 9.80. The maximum atomic E-state index is 13.4. The van der Waals surface area contributed by atoms with Crippen molar-refractivity contribution in [2.75, 3.05) is 23.9 Å². The first-order chi connectivity index (χ1) is 19.6. The molecule has 4 aromatic rings. The molecule has 11 nitrogen and oxygen atoms in total. The first kappa shape index (κ1) is 28.0. The van der Waals surface area contributed by atoms with E-state index in [4.69, 9.17) is 9.15 Å². The second-order valence-corrected chi connectivity index (χ2v) is 9.80. The summed E-state index contributed by atoms with van der Waals surface area (Å²) in [5.41, 5.74) is -1.72. The van der Waals surface area contributed by atoms with Crippen LogP contribution >= 0.6 is 0 Å². The van der Waals surface area contributed by atoms with Crippen LogP contribution in [0.4, 0.5) is 30.6 Å². The molecular weight excluding hydrogens is 545 g/mol. The molecule has 1 aliphatic rings. The van der Waals surface area contributed by atoms with Crippen molar-refractivity contribution in [1.82, 2.24) is 20.2 Å². The number of cyclic esters (lactones) is 1. The van der Waals surface area contributed by atoms with Gasteiger partial charge in [-0.3, -0.25) is 0 Å². The molecule has 0 aliphatic carbocycles. The van der Waals surface area contributed by atoms with E-state index in [2.05, 4.69) is 30.8 Å². The number of carbonyl (C=O) groups is 1. The van der Waals surface area contributed by atoms with Crippen LogP contribution < -0.4 is 10.6 Å². The Hall–Kier alpha value is -4.56. The summed E-state index contributed by atoms with van der Waals surface area (Å²) in [5.74, 6) is -1.68. The molecule has 4 N–H and O–H groups in total. The first-order valence-corrected chi connectivity index (χ1v) is 12.4. The minimum Gasteiger partial charge on any atom is -0.451 e. The van der Waals surface area contributed by atoms with Crippen LogP contribution in [0, 0.1) is 0 Å². The molecule has 5 rings (SSSR count). The molecule has 0 radical (unpaired) electrons. The Morgan fingerprint density at radius 3 is 2.54 bits per heavy atom. The predicted molar refractivity (Wildman–Crippen MR) is 139 cm³/mol. The fourth-order valence-corrected chi connectivity index (χ4v) is 4.28. The van der Waals surface area contributed by atoms with Gasteiger partial charge in [0.1, 0.15) is 18.1 Å². The summed E-state index contributed by atoms with van der Waals surface area (Å²) in [6.45, 7) is 1.32. The quantitative estimate of drug-likeness (QED) is 0.202. The van der Waals surface area contributed by atoms with Gasteiger partial charge in [0.15, 0.2) is 0 Å². The van der Waals surface area contributed by atoms with E-state index in [1.54, 1.807) is 56.3 Å². The van der Waals surface area contributed by atoms with E-state index in [0.29, 0.717) is 22.4 Å². The van der Waals surface area contributed by atoms with Gasteiger partial charge in [0.2, 0.25) is 11.5 Å². The predicted octanol–water partition coefficient (Wildman–Crippen LogP) is 4.24. The standard InChI is InChI=1S/C27H25F3N6O5/c1-26(2)18-10-15(8-9-16(18)22(38)41-26)32-25-31-11-17(21-35-36-24(40-21)27(39,13-28)23(29)30)20(34-25)33-19(12-37)14-6-4-3-5-7-14/h3-11,19,23,37,39H,12-13H2,1-2H3,(H2,31,32,33,34)/t19-,27?/m1/s1. The number of nitrogens with zero attached hydrogens (tertiary/aromatic N) is 4. The molecule has 14 heteroatoms.